The minimum Gasteiger partial charge on any atom is -0.393 e. The molecule has 2 unspecified atom stereocenters. The van der Waals surface area contributed by atoms with E-state index >= 15 is 0 Å². The monoisotopic (exact) mass is 306 g/mol. The first kappa shape index (κ1) is 14.4. The summed E-state index contributed by atoms with van der Waals surface area (Å²) >= 11 is 0. The van der Waals surface area contributed by atoms with E-state index < -0.39 is 16.1 Å². The first-order valence-electron chi connectivity index (χ1n) is 7.02. The second-order valence-corrected chi connectivity index (χ2v) is 7.39. The van der Waals surface area contributed by atoms with Crippen molar-refractivity contribution >= 4 is 20.9 Å². The summed E-state index contributed by atoms with van der Waals surface area (Å²) < 4.78 is 27.1. The van der Waals surface area contributed by atoms with Crippen LogP contribution in [0.15, 0.2) is 41.4 Å². The van der Waals surface area contributed by atoms with E-state index in [1.807, 2.05) is 0 Å². The zero-order chi connectivity index (χ0) is 15.0. The third-order valence-corrected chi connectivity index (χ3v) is 6.02. The van der Waals surface area contributed by atoms with Gasteiger partial charge in [-0.1, -0.05) is 6.07 Å². The average molecular weight is 306 g/mol. The van der Waals surface area contributed by atoms with Crippen molar-refractivity contribution in [3.8, 4) is 0 Å². The van der Waals surface area contributed by atoms with Crippen LogP contribution in [0.3, 0.4) is 0 Å². The summed E-state index contributed by atoms with van der Waals surface area (Å²) in [6.45, 7) is 2.54. The fourth-order valence-corrected chi connectivity index (χ4v) is 4.52. The van der Waals surface area contributed by atoms with Gasteiger partial charge in [-0.3, -0.25) is 4.98 Å². The van der Waals surface area contributed by atoms with Crippen molar-refractivity contribution in [2.75, 3.05) is 13.1 Å². The van der Waals surface area contributed by atoms with E-state index in [2.05, 4.69) is 4.98 Å². The number of pyridine rings is 1. The highest BCUT2D eigenvalue weighted by Crippen LogP contribution is 2.29. The van der Waals surface area contributed by atoms with Gasteiger partial charge >= 0.3 is 0 Å². The Bertz CT molecular complexity index is 753. The summed E-state index contributed by atoms with van der Waals surface area (Å²) in [7, 11) is -3.55. The molecule has 1 saturated heterocycles. The van der Waals surface area contributed by atoms with Crippen LogP contribution >= 0.6 is 0 Å². The molecule has 0 bridgehead atoms. The van der Waals surface area contributed by atoms with E-state index in [1.54, 1.807) is 43.5 Å². The van der Waals surface area contributed by atoms with Gasteiger partial charge < -0.3 is 5.11 Å². The fourth-order valence-electron chi connectivity index (χ4n) is 2.81. The topological polar surface area (TPSA) is 70.5 Å². The molecule has 0 radical (unpaired) electrons. The maximum atomic E-state index is 12.8. The molecule has 112 valence electrons. The number of benzene rings is 1. The minimum atomic E-state index is -3.55. The zero-order valence-corrected chi connectivity index (χ0v) is 12.6. The summed E-state index contributed by atoms with van der Waals surface area (Å²) in [5.74, 6) is 0.00729. The fraction of sp³-hybridized carbons (Fsp3) is 0.400. The first-order valence-corrected chi connectivity index (χ1v) is 8.46. The molecule has 2 heterocycles. The molecule has 21 heavy (non-hydrogen) atoms. The Hall–Kier alpha value is -1.50. The van der Waals surface area contributed by atoms with Gasteiger partial charge in [0.05, 0.1) is 16.5 Å². The number of sulfonamides is 1. The van der Waals surface area contributed by atoms with Crippen molar-refractivity contribution in [1.82, 2.24) is 9.29 Å². The minimum absolute atomic E-state index is 0.00729. The Morgan fingerprint density at radius 3 is 2.86 bits per heavy atom. The Kier molecular flexibility index (Phi) is 3.69. The molecule has 5 nitrogen and oxygen atoms in total. The molecule has 1 N–H and O–H groups in total. The predicted molar refractivity (Wildman–Crippen MR) is 80.3 cm³/mol. The summed E-state index contributed by atoms with van der Waals surface area (Å²) in [4.78, 5) is 4.49. The van der Waals surface area contributed by atoms with Crippen molar-refractivity contribution < 1.29 is 13.5 Å². The molecule has 1 aliphatic rings. The number of fused-ring (bicyclic) bond motifs is 1. The molecular formula is C15H18N2O3S. The van der Waals surface area contributed by atoms with Gasteiger partial charge in [-0.2, -0.15) is 4.31 Å². The molecule has 0 saturated carbocycles. The molecule has 0 aliphatic carbocycles. The van der Waals surface area contributed by atoms with Crippen LogP contribution in [-0.2, 0) is 10.0 Å². The van der Waals surface area contributed by atoms with Crippen LogP contribution < -0.4 is 0 Å². The molecule has 0 spiro atoms. The maximum Gasteiger partial charge on any atom is 0.243 e. The molecular weight excluding hydrogens is 288 g/mol. The first-order chi connectivity index (χ1) is 10.00. The van der Waals surface area contributed by atoms with Crippen LogP contribution in [0.1, 0.15) is 13.3 Å². The van der Waals surface area contributed by atoms with E-state index in [0.717, 1.165) is 0 Å². The Morgan fingerprint density at radius 2 is 2.14 bits per heavy atom. The summed E-state index contributed by atoms with van der Waals surface area (Å²) in [5.41, 5.74) is 0.671. The van der Waals surface area contributed by atoms with Crippen molar-refractivity contribution in [2.24, 2.45) is 5.92 Å². The molecule has 1 aliphatic heterocycles. The van der Waals surface area contributed by atoms with Crippen molar-refractivity contribution in [1.29, 1.82) is 0 Å². The van der Waals surface area contributed by atoms with Gasteiger partial charge in [-0.15, -0.1) is 0 Å². The molecule has 2 aromatic rings. The standard InChI is InChI=1S/C15H18N2O3S/c1-11(18)12-7-9-17(10-12)21(19,20)15-6-2-5-14-13(15)4-3-8-16-14/h2-6,8,11-12,18H,7,9-10H2,1H3. The lowest BCUT2D eigenvalue weighted by Crippen LogP contribution is -2.30. The second-order valence-electron chi connectivity index (χ2n) is 5.48. The van der Waals surface area contributed by atoms with E-state index in [-0.39, 0.29) is 5.92 Å². The molecule has 1 fully saturated rings. The van der Waals surface area contributed by atoms with E-state index in [1.165, 1.54) is 4.31 Å². The smallest absolute Gasteiger partial charge is 0.243 e. The molecule has 3 rings (SSSR count). The lowest BCUT2D eigenvalue weighted by atomic mass is 10.0. The highest BCUT2D eigenvalue weighted by atomic mass is 32.2. The van der Waals surface area contributed by atoms with Crippen molar-refractivity contribution in [2.45, 2.75) is 24.3 Å². The predicted octanol–water partition coefficient (Wildman–Crippen LogP) is 1.63. The largest absolute Gasteiger partial charge is 0.393 e. The van der Waals surface area contributed by atoms with Gasteiger partial charge in [0.25, 0.3) is 0 Å². The van der Waals surface area contributed by atoms with E-state index in [0.29, 0.717) is 35.3 Å². The van der Waals surface area contributed by atoms with Gasteiger partial charge in [0.1, 0.15) is 0 Å². The third kappa shape index (κ3) is 2.54. The third-order valence-electron chi connectivity index (χ3n) is 4.09. The van der Waals surface area contributed by atoms with Crippen LogP contribution in [0.2, 0.25) is 0 Å². The summed E-state index contributed by atoms with van der Waals surface area (Å²) in [6, 6.07) is 8.65. The van der Waals surface area contributed by atoms with E-state index in [4.69, 9.17) is 0 Å². The van der Waals surface area contributed by atoms with Gasteiger partial charge in [0, 0.05) is 24.7 Å². The Labute approximate surface area is 124 Å². The van der Waals surface area contributed by atoms with Crippen molar-refractivity contribution in [3.63, 3.8) is 0 Å². The SMILES string of the molecule is CC(O)C1CCN(S(=O)(=O)c2cccc3ncccc23)C1. The van der Waals surface area contributed by atoms with Crippen LogP contribution in [-0.4, -0.2) is 42.0 Å². The number of nitrogens with zero attached hydrogens (tertiary/aromatic N) is 2. The Balaban J connectivity index is 2.02. The number of rotatable bonds is 3. The number of hydrogen-bond acceptors (Lipinski definition) is 4. The summed E-state index contributed by atoms with van der Waals surface area (Å²) in [5, 5.41) is 10.3. The van der Waals surface area contributed by atoms with Gasteiger partial charge in [0.15, 0.2) is 0 Å². The lowest BCUT2D eigenvalue weighted by molar-refractivity contribution is 0.133. The van der Waals surface area contributed by atoms with Gasteiger partial charge in [-0.05, 0) is 43.5 Å². The summed E-state index contributed by atoms with van der Waals surface area (Å²) in [6.07, 6.45) is 1.86. The molecule has 0 amide bonds. The Morgan fingerprint density at radius 1 is 1.33 bits per heavy atom. The normalized spacial score (nSPS) is 21.7. The van der Waals surface area contributed by atoms with Crippen LogP contribution in [0.25, 0.3) is 10.9 Å². The highest BCUT2D eigenvalue weighted by Gasteiger charge is 2.35. The van der Waals surface area contributed by atoms with Crippen LogP contribution in [0, 0.1) is 5.92 Å². The highest BCUT2D eigenvalue weighted by molar-refractivity contribution is 7.89. The zero-order valence-electron chi connectivity index (χ0n) is 11.8. The quantitative estimate of drug-likeness (QED) is 0.935. The van der Waals surface area contributed by atoms with Crippen LogP contribution in [0.4, 0.5) is 0 Å². The lowest BCUT2D eigenvalue weighted by Gasteiger charge is -2.18. The number of aliphatic hydroxyl groups is 1. The van der Waals surface area contributed by atoms with Gasteiger partial charge in [-0.25, -0.2) is 8.42 Å². The maximum absolute atomic E-state index is 12.8. The molecule has 6 heteroatoms. The second kappa shape index (κ2) is 5.36. The van der Waals surface area contributed by atoms with Crippen LogP contribution in [0.5, 0.6) is 0 Å². The average Bonchev–Trinajstić information content (AvgIpc) is 2.97. The van der Waals surface area contributed by atoms with Crippen molar-refractivity contribution in [3.05, 3.63) is 36.5 Å². The molecule has 1 aromatic carbocycles. The number of hydrogen-bond donors (Lipinski definition) is 1. The van der Waals surface area contributed by atoms with E-state index in [9.17, 15) is 13.5 Å². The molecule has 1 aromatic heterocycles. The number of aromatic nitrogens is 1. The van der Waals surface area contributed by atoms with Gasteiger partial charge in [0.2, 0.25) is 10.0 Å². The molecule has 2 atom stereocenters. The number of aliphatic hydroxyl groups excluding tert-OH is 1.